The summed E-state index contributed by atoms with van der Waals surface area (Å²) in [7, 11) is 1.68. The highest BCUT2D eigenvalue weighted by Gasteiger charge is 2.29. The molecule has 3 rings (SSSR count). The predicted molar refractivity (Wildman–Crippen MR) is 95.8 cm³/mol. The number of nitrogens with zero attached hydrogens (tertiary/aromatic N) is 2. The lowest BCUT2D eigenvalue weighted by molar-refractivity contribution is 0.159. The first-order valence-electron chi connectivity index (χ1n) is 7.68. The molecular weight excluding hydrogens is 356 g/mol. The van der Waals surface area contributed by atoms with Gasteiger partial charge in [-0.05, 0) is 42.0 Å². The number of hydrogen-bond donors (Lipinski definition) is 1. The number of hydrogen-bond acceptors (Lipinski definition) is 4. The Balaban J connectivity index is 1.72. The number of benzene rings is 2. The van der Waals surface area contributed by atoms with Crippen LogP contribution in [0, 0.1) is 0 Å². The van der Waals surface area contributed by atoms with Crippen molar-refractivity contribution in [1.82, 2.24) is 4.90 Å². The highest BCUT2D eigenvalue weighted by atomic mass is 79.9. The van der Waals surface area contributed by atoms with Crippen molar-refractivity contribution in [3.63, 3.8) is 0 Å². The van der Waals surface area contributed by atoms with Crippen LogP contribution in [-0.2, 0) is 6.54 Å². The van der Waals surface area contributed by atoms with Gasteiger partial charge in [0.1, 0.15) is 5.75 Å². The standard InChI is InChI=1S/C18H21BrN2O2/c1-23-18-4-2-3-14(9-18)10-20-13-21(11-17(20)12-22)16-7-5-15(19)6-8-16/h2-9,17,22H,10-13H2,1H3/t17-/m0/s1. The lowest BCUT2D eigenvalue weighted by Gasteiger charge is -2.22. The molecule has 1 aliphatic heterocycles. The molecule has 1 fully saturated rings. The van der Waals surface area contributed by atoms with Crippen molar-refractivity contribution in [2.45, 2.75) is 12.6 Å². The van der Waals surface area contributed by atoms with Crippen LogP contribution >= 0.6 is 15.9 Å². The fourth-order valence-corrected chi connectivity index (χ4v) is 3.22. The Labute approximate surface area is 145 Å². The van der Waals surface area contributed by atoms with Crippen LogP contribution in [-0.4, -0.2) is 43.0 Å². The first-order chi connectivity index (χ1) is 11.2. The van der Waals surface area contributed by atoms with E-state index in [2.05, 4.69) is 50.0 Å². The minimum Gasteiger partial charge on any atom is -0.497 e. The SMILES string of the molecule is COc1cccc(CN2CN(c3ccc(Br)cc3)C[C@H]2CO)c1. The van der Waals surface area contributed by atoms with E-state index < -0.39 is 0 Å². The van der Waals surface area contributed by atoms with Gasteiger partial charge in [-0.25, -0.2) is 0 Å². The topological polar surface area (TPSA) is 35.9 Å². The number of aliphatic hydroxyl groups excluding tert-OH is 1. The summed E-state index contributed by atoms with van der Waals surface area (Å²) in [6.45, 7) is 2.61. The summed E-state index contributed by atoms with van der Waals surface area (Å²) in [6.07, 6.45) is 0. The van der Waals surface area contributed by atoms with Crippen LogP contribution in [0.3, 0.4) is 0 Å². The molecule has 5 heteroatoms. The third-order valence-electron chi connectivity index (χ3n) is 4.22. The molecular formula is C18H21BrN2O2. The molecule has 23 heavy (non-hydrogen) atoms. The Kier molecular flexibility index (Phi) is 5.20. The maximum Gasteiger partial charge on any atom is 0.119 e. The van der Waals surface area contributed by atoms with Gasteiger partial charge in [0.15, 0.2) is 0 Å². The molecule has 1 N–H and O–H groups in total. The number of halogens is 1. The summed E-state index contributed by atoms with van der Waals surface area (Å²) < 4.78 is 6.37. The average molecular weight is 377 g/mol. The minimum atomic E-state index is 0.143. The molecule has 0 saturated carbocycles. The zero-order valence-corrected chi connectivity index (χ0v) is 14.7. The van der Waals surface area contributed by atoms with Crippen molar-refractivity contribution < 1.29 is 9.84 Å². The van der Waals surface area contributed by atoms with Crippen molar-refractivity contribution in [1.29, 1.82) is 0 Å². The number of methoxy groups -OCH3 is 1. The fraction of sp³-hybridized carbons (Fsp3) is 0.333. The molecule has 1 aliphatic rings. The van der Waals surface area contributed by atoms with E-state index in [1.807, 2.05) is 24.3 Å². The summed E-state index contributed by atoms with van der Waals surface area (Å²) in [5, 5.41) is 9.72. The Bertz CT molecular complexity index is 648. The van der Waals surface area contributed by atoms with Gasteiger partial charge in [0.25, 0.3) is 0 Å². The third-order valence-corrected chi connectivity index (χ3v) is 4.75. The van der Waals surface area contributed by atoms with E-state index in [0.717, 1.165) is 30.0 Å². The van der Waals surface area contributed by atoms with Crippen LogP contribution < -0.4 is 9.64 Å². The summed E-state index contributed by atoms with van der Waals surface area (Å²) in [5.74, 6) is 0.868. The molecule has 0 unspecified atom stereocenters. The van der Waals surface area contributed by atoms with Crippen molar-refractivity contribution in [2.24, 2.45) is 0 Å². The minimum absolute atomic E-state index is 0.143. The van der Waals surface area contributed by atoms with Gasteiger partial charge in [-0.2, -0.15) is 0 Å². The lowest BCUT2D eigenvalue weighted by atomic mass is 10.2. The molecule has 0 amide bonds. The van der Waals surface area contributed by atoms with E-state index in [1.165, 1.54) is 11.3 Å². The van der Waals surface area contributed by atoms with Gasteiger partial charge in [-0.3, -0.25) is 4.90 Å². The fourth-order valence-electron chi connectivity index (χ4n) is 2.96. The van der Waals surface area contributed by atoms with Crippen LogP contribution in [0.2, 0.25) is 0 Å². The van der Waals surface area contributed by atoms with Crippen molar-refractivity contribution in [2.75, 3.05) is 31.8 Å². The number of aliphatic hydroxyl groups is 1. The van der Waals surface area contributed by atoms with Gasteiger partial charge in [0.2, 0.25) is 0 Å². The maximum atomic E-state index is 9.72. The number of anilines is 1. The highest BCUT2D eigenvalue weighted by molar-refractivity contribution is 9.10. The van der Waals surface area contributed by atoms with Gasteiger partial charge in [-0.1, -0.05) is 28.1 Å². The smallest absolute Gasteiger partial charge is 0.119 e. The lowest BCUT2D eigenvalue weighted by Crippen LogP contribution is -2.33. The molecule has 0 spiro atoms. The molecule has 0 bridgehead atoms. The summed E-state index contributed by atoms with van der Waals surface area (Å²) >= 11 is 3.47. The number of rotatable bonds is 5. The van der Waals surface area contributed by atoms with Crippen molar-refractivity contribution in [3.05, 3.63) is 58.6 Å². The van der Waals surface area contributed by atoms with Gasteiger partial charge in [-0.15, -0.1) is 0 Å². The van der Waals surface area contributed by atoms with Crippen LogP contribution in [0.5, 0.6) is 5.75 Å². The van der Waals surface area contributed by atoms with Gasteiger partial charge in [0.05, 0.1) is 26.4 Å². The normalized spacial score (nSPS) is 18.4. The maximum absolute atomic E-state index is 9.72. The van der Waals surface area contributed by atoms with Gasteiger partial charge in [0, 0.05) is 23.2 Å². The molecule has 122 valence electrons. The quantitative estimate of drug-likeness (QED) is 0.869. The van der Waals surface area contributed by atoms with Gasteiger partial charge < -0.3 is 14.7 Å². The third kappa shape index (κ3) is 3.86. The molecule has 0 aromatic heterocycles. The van der Waals surface area contributed by atoms with Crippen LogP contribution in [0.4, 0.5) is 5.69 Å². The second-order valence-corrected chi connectivity index (χ2v) is 6.69. The first-order valence-corrected chi connectivity index (χ1v) is 8.47. The van der Waals surface area contributed by atoms with E-state index in [9.17, 15) is 5.11 Å². The largest absolute Gasteiger partial charge is 0.497 e. The Morgan fingerprint density at radius 3 is 2.70 bits per heavy atom. The predicted octanol–water partition coefficient (Wildman–Crippen LogP) is 3.10. The number of ether oxygens (including phenoxy) is 1. The van der Waals surface area contributed by atoms with Crippen LogP contribution in [0.1, 0.15) is 5.56 Å². The molecule has 2 aromatic carbocycles. The Hall–Kier alpha value is -1.56. The molecule has 0 aliphatic carbocycles. The second kappa shape index (κ2) is 7.34. The Morgan fingerprint density at radius 1 is 1.22 bits per heavy atom. The molecule has 2 aromatic rings. The average Bonchev–Trinajstić information content (AvgIpc) is 2.98. The second-order valence-electron chi connectivity index (χ2n) is 5.78. The van der Waals surface area contributed by atoms with E-state index in [-0.39, 0.29) is 12.6 Å². The molecule has 4 nitrogen and oxygen atoms in total. The first kappa shape index (κ1) is 16.3. The monoisotopic (exact) mass is 376 g/mol. The van der Waals surface area contributed by atoms with Crippen LogP contribution in [0.25, 0.3) is 0 Å². The summed E-state index contributed by atoms with van der Waals surface area (Å²) in [6, 6.07) is 16.6. The van der Waals surface area contributed by atoms with Gasteiger partial charge >= 0.3 is 0 Å². The molecule has 0 radical (unpaired) electrons. The summed E-state index contributed by atoms with van der Waals surface area (Å²) in [5.41, 5.74) is 2.38. The van der Waals surface area contributed by atoms with Crippen LogP contribution in [0.15, 0.2) is 53.0 Å². The highest BCUT2D eigenvalue weighted by Crippen LogP contribution is 2.25. The zero-order valence-electron chi connectivity index (χ0n) is 13.2. The van der Waals surface area contributed by atoms with E-state index in [0.29, 0.717) is 0 Å². The van der Waals surface area contributed by atoms with E-state index in [4.69, 9.17) is 4.74 Å². The summed E-state index contributed by atoms with van der Waals surface area (Å²) in [4.78, 5) is 4.60. The van der Waals surface area contributed by atoms with Crippen molar-refractivity contribution in [3.8, 4) is 5.75 Å². The Morgan fingerprint density at radius 2 is 2.00 bits per heavy atom. The molecule has 1 atom stereocenters. The molecule has 1 saturated heterocycles. The molecule has 1 heterocycles. The van der Waals surface area contributed by atoms with E-state index in [1.54, 1.807) is 7.11 Å². The van der Waals surface area contributed by atoms with E-state index >= 15 is 0 Å². The zero-order chi connectivity index (χ0) is 16.2. The van der Waals surface area contributed by atoms with Crippen molar-refractivity contribution >= 4 is 21.6 Å².